The molecule has 1 aliphatic rings. The number of piperazine rings is 1. The Kier molecular flexibility index (Phi) is 5.96. The number of hydrogen-bond donors (Lipinski definition) is 1. The first kappa shape index (κ1) is 17.1. The zero-order chi connectivity index (χ0) is 16.8. The fourth-order valence-electron chi connectivity index (χ4n) is 3.02. The molecule has 1 fully saturated rings. The average Bonchev–Trinajstić information content (AvgIpc) is 3.05. The van der Waals surface area contributed by atoms with Gasteiger partial charge in [-0.3, -0.25) is 9.80 Å². The van der Waals surface area contributed by atoms with Crippen LogP contribution in [0.15, 0.2) is 34.9 Å². The van der Waals surface area contributed by atoms with Crippen LogP contribution in [-0.2, 0) is 13.0 Å². The molecule has 0 radical (unpaired) electrons. The lowest BCUT2D eigenvalue weighted by Gasteiger charge is -2.35. The molecule has 0 aliphatic carbocycles. The number of rotatable bonds is 7. The molecule has 0 saturated carbocycles. The maximum absolute atomic E-state index is 10.3. The Morgan fingerprint density at radius 3 is 2.54 bits per heavy atom. The van der Waals surface area contributed by atoms with Gasteiger partial charge in [0.25, 0.3) is 0 Å². The van der Waals surface area contributed by atoms with Crippen LogP contribution in [0.2, 0.25) is 0 Å². The monoisotopic (exact) mass is 330 g/mol. The van der Waals surface area contributed by atoms with Crippen molar-refractivity contribution in [2.75, 3.05) is 32.7 Å². The van der Waals surface area contributed by atoms with Crippen molar-refractivity contribution in [1.82, 2.24) is 19.9 Å². The van der Waals surface area contributed by atoms with Crippen LogP contribution in [0.4, 0.5) is 0 Å². The van der Waals surface area contributed by atoms with Gasteiger partial charge in [-0.2, -0.15) is 4.98 Å². The second-order valence-corrected chi connectivity index (χ2v) is 6.36. The summed E-state index contributed by atoms with van der Waals surface area (Å²) in [6.07, 6.45) is 1.44. The molecule has 1 aromatic carbocycles. The maximum atomic E-state index is 10.3. The number of aliphatic hydroxyl groups excluding tert-OH is 1. The summed E-state index contributed by atoms with van der Waals surface area (Å²) in [5.74, 6) is 1.51. The van der Waals surface area contributed by atoms with Crippen molar-refractivity contribution in [2.45, 2.75) is 32.4 Å². The van der Waals surface area contributed by atoms with Gasteiger partial charge in [-0.05, 0) is 12.0 Å². The van der Waals surface area contributed by atoms with E-state index in [2.05, 4.69) is 26.9 Å². The third kappa shape index (κ3) is 4.63. The van der Waals surface area contributed by atoms with Gasteiger partial charge in [0.15, 0.2) is 5.82 Å². The highest BCUT2D eigenvalue weighted by Gasteiger charge is 2.21. The maximum Gasteiger partial charge on any atom is 0.226 e. The molecule has 2 heterocycles. The Morgan fingerprint density at radius 2 is 1.83 bits per heavy atom. The van der Waals surface area contributed by atoms with Crippen molar-refractivity contribution in [2.24, 2.45) is 0 Å². The Morgan fingerprint density at radius 1 is 1.12 bits per heavy atom. The molecule has 1 aromatic heterocycles. The second kappa shape index (κ2) is 8.37. The molecule has 0 unspecified atom stereocenters. The lowest BCUT2D eigenvalue weighted by molar-refractivity contribution is 0.0690. The minimum atomic E-state index is -0.424. The number of hydrogen-bond acceptors (Lipinski definition) is 6. The van der Waals surface area contributed by atoms with E-state index in [4.69, 9.17) is 4.52 Å². The summed E-state index contributed by atoms with van der Waals surface area (Å²) in [6.45, 7) is 7.33. The molecule has 6 nitrogen and oxygen atoms in total. The number of aryl methyl sites for hydroxylation is 1. The van der Waals surface area contributed by atoms with Crippen LogP contribution in [0.25, 0.3) is 0 Å². The van der Waals surface area contributed by atoms with E-state index in [-0.39, 0.29) is 0 Å². The lowest BCUT2D eigenvalue weighted by atomic mass is 10.1. The van der Waals surface area contributed by atoms with Gasteiger partial charge in [0.1, 0.15) is 0 Å². The molecule has 6 heteroatoms. The molecule has 0 spiro atoms. The summed E-state index contributed by atoms with van der Waals surface area (Å²) in [5.41, 5.74) is 0.982. The standard InChI is InChI=1S/C18H26N4O2/c1-2-6-18-19-17(20-24-18)14-22-11-9-21(10-12-22)13-16(23)15-7-4-3-5-8-15/h3-5,7-8,16,23H,2,6,9-14H2,1H3/t16-/m1/s1. The van der Waals surface area contributed by atoms with Crippen LogP contribution in [0, 0.1) is 0 Å². The average molecular weight is 330 g/mol. The number of β-amino-alcohol motifs (C(OH)–C–C–N with tert-alkyl or cyclic N) is 1. The number of aromatic nitrogens is 2. The smallest absolute Gasteiger partial charge is 0.226 e. The van der Waals surface area contributed by atoms with Crippen LogP contribution in [0.3, 0.4) is 0 Å². The Balaban J connectivity index is 1.43. The van der Waals surface area contributed by atoms with Crippen LogP contribution in [0.1, 0.15) is 36.7 Å². The van der Waals surface area contributed by atoms with E-state index < -0.39 is 6.10 Å². The van der Waals surface area contributed by atoms with E-state index in [0.717, 1.165) is 62.8 Å². The fraction of sp³-hybridized carbons (Fsp3) is 0.556. The molecule has 0 amide bonds. The minimum Gasteiger partial charge on any atom is -0.387 e. The van der Waals surface area contributed by atoms with E-state index >= 15 is 0 Å². The molecule has 3 rings (SSSR count). The first-order chi connectivity index (χ1) is 11.7. The molecule has 2 aromatic rings. The van der Waals surface area contributed by atoms with Crippen molar-refractivity contribution in [3.05, 3.63) is 47.6 Å². The highest BCUT2D eigenvalue weighted by Crippen LogP contribution is 2.15. The first-order valence-corrected chi connectivity index (χ1v) is 8.73. The molecule has 24 heavy (non-hydrogen) atoms. The Bertz CT molecular complexity index is 608. The number of aliphatic hydroxyl groups is 1. The summed E-state index contributed by atoms with van der Waals surface area (Å²) < 4.78 is 5.24. The van der Waals surface area contributed by atoms with Crippen molar-refractivity contribution in [1.29, 1.82) is 0 Å². The minimum absolute atomic E-state index is 0.424. The molecule has 0 bridgehead atoms. The highest BCUT2D eigenvalue weighted by molar-refractivity contribution is 5.17. The molecule has 130 valence electrons. The van der Waals surface area contributed by atoms with Gasteiger partial charge >= 0.3 is 0 Å². The number of nitrogens with zero attached hydrogens (tertiary/aromatic N) is 4. The largest absolute Gasteiger partial charge is 0.387 e. The summed E-state index contributed by atoms with van der Waals surface area (Å²) in [5, 5.41) is 14.4. The van der Waals surface area contributed by atoms with Crippen LogP contribution >= 0.6 is 0 Å². The van der Waals surface area contributed by atoms with Gasteiger partial charge in [0, 0.05) is 39.1 Å². The third-order valence-corrected chi connectivity index (χ3v) is 4.42. The summed E-state index contributed by atoms with van der Waals surface area (Å²) in [7, 11) is 0. The quantitative estimate of drug-likeness (QED) is 0.836. The molecule has 1 atom stereocenters. The van der Waals surface area contributed by atoms with Crippen LogP contribution in [0.5, 0.6) is 0 Å². The van der Waals surface area contributed by atoms with Gasteiger partial charge in [0.2, 0.25) is 5.89 Å². The third-order valence-electron chi connectivity index (χ3n) is 4.42. The van der Waals surface area contributed by atoms with Gasteiger partial charge in [-0.1, -0.05) is 42.4 Å². The summed E-state index contributed by atoms with van der Waals surface area (Å²) in [6, 6.07) is 9.86. The van der Waals surface area contributed by atoms with Crippen molar-refractivity contribution < 1.29 is 9.63 Å². The van der Waals surface area contributed by atoms with E-state index in [1.54, 1.807) is 0 Å². The molecule has 1 N–H and O–H groups in total. The summed E-state index contributed by atoms with van der Waals surface area (Å²) >= 11 is 0. The van der Waals surface area contributed by atoms with E-state index in [0.29, 0.717) is 6.54 Å². The van der Waals surface area contributed by atoms with Crippen molar-refractivity contribution >= 4 is 0 Å². The molecule has 1 aliphatic heterocycles. The van der Waals surface area contributed by atoms with Gasteiger partial charge in [-0.15, -0.1) is 0 Å². The van der Waals surface area contributed by atoms with Crippen LogP contribution < -0.4 is 0 Å². The number of benzene rings is 1. The van der Waals surface area contributed by atoms with Gasteiger partial charge in [-0.25, -0.2) is 0 Å². The zero-order valence-electron chi connectivity index (χ0n) is 14.3. The van der Waals surface area contributed by atoms with Gasteiger partial charge in [0.05, 0.1) is 12.6 Å². The topological polar surface area (TPSA) is 65.6 Å². The normalized spacial score (nSPS) is 17.9. The van der Waals surface area contributed by atoms with Gasteiger partial charge < -0.3 is 9.63 Å². The van der Waals surface area contributed by atoms with Crippen molar-refractivity contribution in [3.8, 4) is 0 Å². The zero-order valence-corrected chi connectivity index (χ0v) is 14.3. The first-order valence-electron chi connectivity index (χ1n) is 8.73. The molecule has 1 saturated heterocycles. The predicted octanol–water partition coefficient (Wildman–Crippen LogP) is 1.87. The summed E-state index contributed by atoms with van der Waals surface area (Å²) in [4.78, 5) is 9.08. The van der Waals surface area contributed by atoms with Crippen LogP contribution in [-0.4, -0.2) is 57.8 Å². The second-order valence-electron chi connectivity index (χ2n) is 6.36. The highest BCUT2D eigenvalue weighted by atomic mass is 16.5. The molecular weight excluding hydrogens is 304 g/mol. The Labute approximate surface area is 143 Å². The predicted molar refractivity (Wildman–Crippen MR) is 91.4 cm³/mol. The van der Waals surface area contributed by atoms with E-state index in [9.17, 15) is 5.11 Å². The SMILES string of the molecule is CCCc1nc(CN2CCN(C[C@@H](O)c3ccccc3)CC2)no1. The fourth-order valence-corrected chi connectivity index (χ4v) is 3.02. The lowest BCUT2D eigenvalue weighted by Crippen LogP contribution is -2.47. The Hall–Kier alpha value is -1.76. The van der Waals surface area contributed by atoms with Crippen molar-refractivity contribution in [3.63, 3.8) is 0 Å². The molecular formula is C18H26N4O2. The van der Waals surface area contributed by atoms with E-state index in [1.165, 1.54) is 0 Å². The van der Waals surface area contributed by atoms with E-state index in [1.807, 2.05) is 30.3 Å².